The maximum atomic E-state index is 12.6. The van der Waals surface area contributed by atoms with E-state index in [0.29, 0.717) is 16.4 Å². The van der Waals surface area contributed by atoms with E-state index in [-0.39, 0.29) is 18.6 Å². The lowest BCUT2D eigenvalue weighted by molar-refractivity contribution is -0.124. The summed E-state index contributed by atoms with van der Waals surface area (Å²) in [6, 6.07) is 18.8. The van der Waals surface area contributed by atoms with Crippen molar-refractivity contribution in [2.24, 2.45) is 0 Å². The minimum atomic E-state index is -0.530. The predicted molar refractivity (Wildman–Crippen MR) is 126 cm³/mol. The molecule has 0 saturated carbocycles. The van der Waals surface area contributed by atoms with Gasteiger partial charge in [-0.15, -0.1) is 11.3 Å². The first-order valence-corrected chi connectivity index (χ1v) is 11.3. The second-order valence-electron chi connectivity index (χ2n) is 7.44. The quantitative estimate of drug-likeness (QED) is 0.382. The van der Waals surface area contributed by atoms with Crippen molar-refractivity contribution in [1.82, 2.24) is 15.1 Å². The minimum absolute atomic E-state index is 0.176. The minimum Gasteiger partial charge on any atom is -0.451 e. The molecule has 8 heteroatoms. The molecule has 2 heterocycles. The van der Waals surface area contributed by atoms with Gasteiger partial charge in [-0.25, -0.2) is 4.79 Å². The van der Waals surface area contributed by atoms with E-state index >= 15 is 0 Å². The van der Waals surface area contributed by atoms with E-state index in [2.05, 4.69) is 10.4 Å². The highest BCUT2D eigenvalue weighted by molar-refractivity contribution is 7.20. The Hall–Kier alpha value is -3.16. The summed E-state index contributed by atoms with van der Waals surface area (Å²) in [6.07, 6.45) is 0. The van der Waals surface area contributed by atoms with Crippen LogP contribution in [0.1, 0.15) is 39.5 Å². The molecule has 0 saturated heterocycles. The zero-order chi connectivity index (χ0) is 22.7. The van der Waals surface area contributed by atoms with Crippen LogP contribution in [-0.4, -0.2) is 28.3 Å². The average molecular weight is 468 g/mol. The Kier molecular flexibility index (Phi) is 6.58. The maximum absolute atomic E-state index is 12.6. The largest absolute Gasteiger partial charge is 0.451 e. The number of aryl methyl sites for hydroxylation is 1. The number of aromatic nitrogens is 2. The number of hydrogen-bond acceptors (Lipinski definition) is 5. The van der Waals surface area contributed by atoms with Gasteiger partial charge in [0.25, 0.3) is 5.91 Å². The number of nitrogens with one attached hydrogen (secondary N) is 1. The SMILES string of the molecule is Cc1nn(Cc2ccccc2Cl)c2sc(C(=O)OCC(=O)NC(C)c3ccccc3)cc12. The number of hydrogen-bond donors (Lipinski definition) is 1. The molecule has 0 bridgehead atoms. The van der Waals surface area contributed by atoms with Gasteiger partial charge in [-0.05, 0) is 37.1 Å². The number of esters is 1. The van der Waals surface area contributed by atoms with Crippen LogP contribution in [0, 0.1) is 6.92 Å². The van der Waals surface area contributed by atoms with Gasteiger partial charge in [0.05, 0.1) is 18.3 Å². The van der Waals surface area contributed by atoms with Crippen molar-refractivity contribution in [2.45, 2.75) is 26.4 Å². The highest BCUT2D eigenvalue weighted by Crippen LogP contribution is 2.30. The Morgan fingerprint density at radius 2 is 1.88 bits per heavy atom. The number of halogens is 1. The first-order chi connectivity index (χ1) is 15.4. The molecule has 0 fully saturated rings. The fourth-order valence-electron chi connectivity index (χ4n) is 3.42. The number of rotatable bonds is 7. The Labute approximate surface area is 194 Å². The molecule has 4 rings (SSSR count). The van der Waals surface area contributed by atoms with E-state index in [1.54, 1.807) is 6.07 Å². The second-order valence-corrected chi connectivity index (χ2v) is 8.88. The average Bonchev–Trinajstić information content (AvgIpc) is 3.35. The van der Waals surface area contributed by atoms with Crippen LogP contribution < -0.4 is 5.32 Å². The van der Waals surface area contributed by atoms with Crippen LogP contribution in [0.5, 0.6) is 0 Å². The number of nitrogens with zero attached hydrogens (tertiary/aromatic N) is 2. The summed E-state index contributed by atoms with van der Waals surface area (Å²) in [5, 5.41) is 8.96. The summed E-state index contributed by atoms with van der Waals surface area (Å²) in [7, 11) is 0. The van der Waals surface area contributed by atoms with Gasteiger partial charge in [0.15, 0.2) is 6.61 Å². The molecule has 0 aliphatic carbocycles. The molecule has 0 radical (unpaired) electrons. The molecular weight excluding hydrogens is 446 g/mol. The molecule has 1 amide bonds. The molecule has 1 unspecified atom stereocenters. The lowest BCUT2D eigenvalue weighted by atomic mass is 10.1. The highest BCUT2D eigenvalue weighted by atomic mass is 35.5. The number of ether oxygens (including phenoxy) is 1. The molecule has 164 valence electrons. The van der Waals surface area contributed by atoms with Crippen molar-refractivity contribution in [3.8, 4) is 0 Å². The molecule has 0 aliphatic rings. The number of thiophene rings is 1. The normalized spacial score (nSPS) is 12.0. The van der Waals surface area contributed by atoms with Crippen LogP contribution in [-0.2, 0) is 16.1 Å². The summed E-state index contributed by atoms with van der Waals surface area (Å²) in [5.74, 6) is -0.880. The number of amides is 1. The van der Waals surface area contributed by atoms with Crippen LogP contribution in [0.15, 0.2) is 60.7 Å². The van der Waals surface area contributed by atoms with E-state index in [4.69, 9.17) is 16.3 Å². The van der Waals surface area contributed by atoms with Crippen molar-refractivity contribution in [3.63, 3.8) is 0 Å². The molecule has 6 nitrogen and oxygen atoms in total. The second kappa shape index (κ2) is 9.54. The maximum Gasteiger partial charge on any atom is 0.348 e. The van der Waals surface area contributed by atoms with Crippen LogP contribution >= 0.6 is 22.9 Å². The number of fused-ring (bicyclic) bond motifs is 1. The summed E-state index contributed by atoms with van der Waals surface area (Å²) in [6.45, 7) is 3.94. The Morgan fingerprint density at radius 3 is 2.62 bits per heavy atom. The van der Waals surface area contributed by atoms with Crippen molar-refractivity contribution >= 4 is 45.0 Å². The van der Waals surface area contributed by atoms with Gasteiger partial charge >= 0.3 is 5.97 Å². The number of carbonyl (C=O) groups excluding carboxylic acids is 2. The van der Waals surface area contributed by atoms with E-state index in [9.17, 15) is 9.59 Å². The third-order valence-electron chi connectivity index (χ3n) is 5.10. The van der Waals surface area contributed by atoms with Gasteiger partial charge in [0, 0.05) is 10.4 Å². The summed E-state index contributed by atoms with van der Waals surface area (Å²) in [4.78, 5) is 26.1. The van der Waals surface area contributed by atoms with Crippen molar-refractivity contribution in [3.05, 3.63) is 87.4 Å². The first-order valence-electron chi connectivity index (χ1n) is 10.1. The van der Waals surface area contributed by atoms with Gasteiger partial charge in [-0.2, -0.15) is 5.10 Å². The first kappa shape index (κ1) is 22.0. The summed E-state index contributed by atoms with van der Waals surface area (Å²) in [5.41, 5.74) is 2.74. The fourth-order valence-corrected chi connectivity index (χ4v) is 4.67. The van der Waals surface area contributed by atoms with Crippen LogP contribution in [0.4, 0.5) is 0 Å². The highest BCUT2D eigenvalue weighted by Gasteiger charge is 2.19. The Morgan fingerprint density at radius 1 is 1.16 bits per heavy atom. The van der Waals surface area contributed by atoms with E-state index < -0.39 is 5.97 Å². The predicted octanol–water partition coefficient (Wildman–Crippen LogP) is 5.14. The third-order valence-corrected chi connectivity index (χ3v) is 6.60. The molecular formula is C24H22ClN3O3S. The Balaban J connectivity index is 1.42. The standard InChI is InChI=1S/C24H22ClN3O3S/c1-15(17-8-4-3-5-9-17)26-22(29)14-31-24(30)21-12-19-16(2)27-28(23(19)32-21)13-18-10-6-7-11-20(18)25/h3-12,15H,13-14H2,1-2H3,(H,26,29). The summed E-state index contributed by atoms with van der Waals surface area (Å²) < 4.78 is 7.09. The van der Waals surface area contributed by atoms with Crippen molar-refractivity contribution in [1.29, 1.82) is 0 Å². The van der Waals surface area contributed by atoms with Crippen LogP contribution in [0.3, 0.4) is 0 Å². The number of benzene rings is 2. The zero-order valence-electron chi connectivity index (χ0n) is 17.7. The van der Waals surface area contributed by atoms with E-state index in [0.717, 1.165) is 27.0 Å². The lowest BCUT2D eigenvalue weighted by Crippen LogP contribution is -2.31. The van der Waals surface area contributed by atoms with Crippen molar-refractivity contribution in [2.75, 3.05) is 6.61 Å². The fraction of sp³-hybridized carbons (Fsp3) is 0.208. The van der Waals surface area contributed by atoms with E-state index in [1.807, 2.05) is 73.1 Å². The van der Waals surface area contributed by atoms with Gasteiger partial charge < -0.3 is 10.1 Å². The molecule has 2 aromatic heterocycles. The molecule has 32 heavy (non-hydrogen) atoms. The smallest absolute Gasteiger partial charge is 0.348 e. The van der Waals surface area contributed by atoms with E-state index in [1.165, 1.54) is 11.3 Å². The van der Waals surface area contributed by atoms with Crippen LogP contribution in [0.2, 0.25) is 5.02 Å². The van der Waals surface area contributed by atoms with Gasteiger partial charge in [0.2, 0.25) is 0 Å². The zero-order valence-corrected chi connectivity index (χ0v) is 19.2. The summed E-state index contributed by atoms with van der Waals surface area (Å²) >= 11 is 7.58. The van der Waals surface area contributed by atoms with Gasteiger partial charge in [0.1, 0.15) is 9.71 Å². The monoisotopic (exact) mass is 467 g/mol. The Bertz CT molecular complexity index is 1270. The van der Waals surface area contributed by atoms with Crippen molar-refractivity contribution < 1.29 is 14.3 Å². The van der Waals surface area contributed by atoms with Gasteiger partial charge in [-0.1, -0.05) is 60.1 Å². The van der Waals surface area contributed by atoms with Gasteiger partial charge in [-0.3, -0.25) is 9.48 Å². The molecule has 2 aromatic carbocycles. The molecule has 4 aromatic rings. The lowest BCUT2D eigenvalue weighted by Gasteiger charge is -2.14. The molecule has 0 spiro atoms. The molecule has 1 N–H and O–H groups in total. The molecule has 1 atom stereocenters. The van der Waals surface area contributed by atoms with Crippen LogP contribution in [0.25, 0.3) is 10.2 Å². The third kappa shape index (κ3) is 4.84. The topological polar surface area (TPSA) is 73.2 Å². The molecule has 0 aliphatic heterocycles. The number of carbonyl (C=O) groups is 2.